The van der Waals surface area contributed by atoms with Crippen molar-refractivity contribution in [2.24, 2.45) is 17.8 Å². The lowest BCUT2D eigenvalue weighted by Crippen LogP contribution is -2.29. The van der Waals surface area contributed by atoms with Gasteiger partial charge in [-0.2, -0.15) is 4.98 Å². The van der Waals surface area contributed by atoms with Crippen LogP contribution in [-0.4, -0.2) is 189 Å². The minimum Gasteiger partial charge on any atom is -0.493 e. The highest BCUT2D eigenvalue weighted by Gasteiger charge is 2.33. The fourth-order valence-electron chi connectivity index (χ4n) is 11.5. The van der Waals surface area contributed by atoms with Gasteiger partial charge in [-0.15, -0.1) is 0 Å². The van der Waals surface area contributed by atoms with Crippen molar-refractivity contribution in [2.45, 2.75) is 123 Å². The molecule has 12 rings (SSSR count). The van der Waals surface area contributed by atoms with Crippen molar-refractivity contribution in [1.29, 1.82) is 0 Å². The number of nitrogens with one attached hydrogen (secondary N) is 4. The molecule has 3 saturated heterocycles. The molecule has 9 heterocycles. The summed E-state index contributed by atoms with van der Waals surface area (Å²) in [5.74, 6) is 5.35. The summed E-state index contributed by atoms with van der Waals surface area (Å²) in [4.78, 5) is 65.2. The zero-order valence-electron chi connectivity index (χ0n) is 61.8. The van der Waals surface area contributed by atoms with E-state index in [1.54, 1.807) is 65.6 Å². The number of benzene rings is 3. The third-order valence-corrected chi connectivity index (χ3v) is 21.5. The van der Waals surface area contributed by atoms with Crippen molar-refractivity contribution in [3.8, 4) is 74.7 Å². The predicted octanol–water partition coefficient (Wildman–Crippen LogP) is 9.56. The van der Waals surface area contributed by atoms with Crippen LogP contribution in [0.5, 0.6) is 52.1 Å². The average molecular weight is 1490 g/mol. The Labute approximate surface area is 612 Å². The van der Waals surface area contributed by atoms with Crippen LogP contribution in [0.25, 0.3) is 55.6 Å². The molecule has 6 N–H and O–H groups in total. The van der Waals surface area contributed by atoms with Gasteiger partial charge >= 0.3 is 7.12 Å². The Bertz CT molecular complexity index is 4400. The first-order valence-electron chi connectivity index (χ1n) is 34.4. The van der Waals surface area contributed by atoms with Gasteiger partial charge < -0.3 is 92.2 Å². The first-order valence-corrected chi connectivity index (χ1v) is 42.2. The molecule has 9 aromatic rings. The number of rotatable bonds is 28. The zero-order chi connectivity index (χ0) is 75.0. The van der Waals surface area contributed by atoms with Crippen molar-refractivity contribution in [1.82, 2.24) is 60.0 Å². The zero-order valence-corrected chi connectivity index (χ0v) is 64.5. The molecule has 3 amide bonds. The highest BCUT2D eigenvalue weighted by atomic mass is 35.5. The number of imidazole rings is 3. The van der Waals surface area contributed by atoms with Gasteiger partial charge in [-0.05, 0) is 99.0 Å². The Hall–Kier alpha value is -9.24. The van der Waals surface area contributed by atoms with E-state index in [1.807, 2.05) is 78.4 Å². The molecule has 104 heavy (non-hydrogen) atoms. The number of carbonyl (C=O) groups excluding carboxylic acids is 3. The van der Waals surface area contributed by atoms with Gasteiger partial charge in [-0.25, -0.2) is 24.9 Å². The van der Waals surface area contributed by atoms with Crippen molar-refractivity contribution < 1.29 is 76.5 Å². The number of carbonyl (C=O) groups is 3. The number of nitrogens with zero attached hydrogens (tertiary/aromatic N) is 8. The predicted molar refractivity (Wildman–Crippen MR) is 402 cm³/mol. The highest BCUT2D eigenvalue weighted by Crippen LogP contribution is 2.38. The minimum atomic E-state index is -1.49. The Balaban J connectivity index is 0.000000168. The third-order valence-electron chi connectivity index (χ3n) is 17.9. The fraction of sp³-hybridized carbons (Fsp3) is 0.458. The number of hydrogen-bond acceptors (Lipinski definition) is 22. The molecule has 6 atom stereocenters. The number of fused-ring (bicyclic) bond motifs is 3. The number of pyridine rings is 3. The molecule has 3 aliphatic heterocycles. The molecular formula is C72H96BClN12O16Si2. The number of aromatic amines is 1. The normalized spacial score (nSPS) is 16.5. The average Bonchev–Trinajstić information content (AvgIpc) is 1.56. The quantitative estimate of drug-likeness (QED) is 0.0151. The summed E-state index contributed by atoms with van der Waals surface area (Å²) >= 11 is 6.14. The summed E-state index contributed by atoms with van der Waals surface area (Å²) in [5.41, 5.74) is 8.01. The van der Waals surface area contributed by atoms with E-state index in [0.717, 1.165) is 57.6 Å². The van der Waals surface area contributed by atoms with Crippen molar-refractivity contribution in [3.63, 3.8) is 0 Å². The molecule has 0 bridgehead atoms. The van der Waals surface area contributed by atoms with E-state index in [4.69, 9.17) is 83.7 Å². The van der Waals surface area contributed by atoms with Crippen LogP contribution in [0.2, 0.25) is 56.5 Å². The van der Waals surface area contributed by atoms with Gasteiger partial charge in [-0.1, -0.05) is 56.9 Å². The van der Waals surface area contributed by atoms with E-state index in [1.165, 1.54) is 20.3 Å². The number of hydrogen-bond donors (Lipinski definition) is 6. The second-order valence-corrected chi connectivity index (χ2v) is 39.6. The van der Waals surface area contributed by atoms with Crippen LogP contribution in [0.1, 0.15) is 40.0 Å². The Morgan fingerprint density at radius 2 is 0.923 bits per heavy atom. The highest BCUT2D eigenvalue weighted by molar-refractivity contribution is 6.76. The molecule has 0 saturated carbocycles. The van der Waals surface area contributed by atoms with E-state index in [2.05, 4.69) is 80.2 Å². The lowest BCUT2D eigenvalue weighted by molar-refractivity contribution is -0.120. The van der Waals surface area contributed by atoms with Crippen molar-refractivity contribution in [3.05, 3.63) is 96.9 Å². The van der Waals surface area contributed by atoms with E-state index >= 15 is 0 Å². The summed E-state index contributed by atoms with van der Waals surface area (Å²) in [5, 5.41) is 26.6. The fourth-order valence-corrected chi connectivity index (χ4v) is 13.2. The van der Waals surface area contributed by atoms with E-state index in [0.29, 0.717) is 138 Å². The number of methoxy groups -OCH3 is 6. The van der Waals surface area contributed by atoms with Gasteiger partial charge in [0.25, 0.3) is 0 Å². The van der Waals surface area contributed by atoms with Crippen LogP contribution < -0.4 is 64.0 Å². The number of amides is 3. The summed E-state index contributed by atoms with van der Waals surface area (Å²) in [6, 6.07) is 23.8. The largest absolute Gasteiger partial charge is 0.493 e. The molecule has 32 heteroatoms. The summed E-state index contributed by atoms with van der Waals surface area (Å²) in [6.07, 6.45) is 5.90. The van der Waals surface area contributed by atoms with Crippen LogP contribution in [0.4, 0.5) is 0 Å². The minimum absolute atomic E-state index is 0.0495. The van der Waals surface area contributed by atoms with Crippen molar-refractivity contribution in [2.75, 3.05) is 75.5 Å². The maximum atomic E-state index is 11.8. The van der Waals surface area contributed by atoms with Crippen LogP contribution in [0.3, 0.4) is 0 Å². The van der Waals surface area contributed by atoms with Crippen molar-refractivity contribution >= 4 is 91.2 Å². The van der Waals surface area contributed by atoms with Crippen LogP contribution in [0.15, 0.2) is 91.8 Å². The maximum Gasteiger partial charge on any atom is 0.488 e. The maximum absolute atomic E-state index is 11.8. The number of ether oxygens (including phenoxy) is 11. The van der Waals surface area contributed by atoms with Gasteiger partial charge in [-0.3, -0.25) is 14.4 Å². The monoisotopic (exact) mass is 1490 g/mol. The molecule has 0 unspecified atom stereocenters. The van der Waals surface area contributed by atoms with Gasteiger partial charge in [0.1, 0.15) is 48.0 Å². The molecule has 6 aromatic heterocycles. The SMILES string of the molecule is COc1ccc(-c2cc3[nH]cnc3c(O[C@H](C)[C@H]3CNC(=O)C3)n2)cc1OC.COc1ccc(-c2cc3ncn(COCC[Si](C)(C)C)c3c(O[C@H](C)[C@H]3CNC(=O)C3)n2)cc1OC.COc1ccc(B(O)O)cc1OC.C[C@@H](Oc1nc(Cl)cc2ncn(COCC[Si](C)(C)C)c12)[C@H]1CNC(=O)C1. The Morgan fingerprint density at radius 1 is 0.519 bits per heavy atom. The van der Waals surface area contributed by atoms with Crippen LogP contribution >= 0.6 is 11.6 Å². The van der Waals surface area contributed by atoms with Gasteiger partial charge in [0, 0.05) is 103 Å². The number of halogens is 1. The Morgan fingerprint density at radius 3 is 1.35 bits per heavy atom. The van der Waals surface area contributed by atoms with E-state index < -0.39 is 23.3 Å². The molecule has 3 fully saturated rings. The third kappa shape index (κ3) is 21.0. The van der Waals surface area contributed by atoms with Crippen LogP contribution in [0, 0.1) is 17.8 Å². The standard InChI is InChI=1S/C26H36N4O5Si.C20H22N4O4.C18H27ClN4O3Si.C8H11BO4/c1-17(19-12-24(31)27-14-19)35-26-25-21(28-15-30(25)16-34-9-10-36(4,5)6)13-20(29-26)18-7-8-22(32-2)23(11-18)33-3;1-11(13-7-18(25)21-9-13)28-20-19-15(22-10-23-19)8-14(24-20)12-4-5-16(26-2)17(6-12)27-3;1-12(13-7-16(24)20-9-13)26-18-17-14(8-15(19)22-18)21-10-23(17)11-25-5-6-27(2,3)4;1-12-7-4-3-6(9(10)11)5-8(7)13-2/h7-8,11,13,15,17,19H,9-10,12,14,16H2,1-6H3,(H,27,31);4-6,8,10-11,13H,7,9H2,1-3H3,(H,21,25)(H,22,23);8,10,12-13H,5-7,9,11H2,1-4H3,(H,20,24);3-5,10-11H,1-2H3/t17-,19-;11-,13-;12-,13-;/m111./s1. The summed E-state index contributed by atoms with van der Waals surface area (Å²) < 4.78 is 65.9. The summed E-state index contributed by atoms with van der Waals surface area (Å²) in [7, 11) is 5.62. The van der Waals surface area contributed by atoms with Gasteiger partial charge in [0.15, 0.2) is 40.0 Å². The number of H-pyrrole nitrogens is 1. The molecule has 3 aliphatic rings. The molecule has 0 radical (unpaired) electrons. The van der Waals surface area contributed by atoms with Gasteiger partial charge in [0.2, 0.25) is 35.4 Å². The van der Waals surface area contributed by atoms with E-state index in [-0.39, 0.29) is 53.8 Å². The molecule has 3 aromatic carbocycles. The molecular weight excluding hydrogens is 1390 g/mol. The Kier molecular flexibility index (Phi) is 27.3. The molecule has 0 aliphatic carbocycles. The number of aromatic nitrogens is 9. The lowest BCUT2D eigenvalue weighted by Gasteiger charge is -2.21. The second-order valence-electron chi connectivity index (χ2n) is 27.9. The second kappa shape index (κ2) is 36.0. The first kappa shape index (κ1) is 78.9. The lowest BCUT2D eigenvalue weighted by atomic mass is 9.80. The smallest absolute Gasteiger partial charge is 0.488 e. The molecule has 0 spiro atoms. The first-order chi connectivity index (χ1) is 49.7. The van der Waals surface area contributed by atoms with E-state index in [9.17, 15) is 14.4 Å². The molecule has 558 valence electrons. The molecule has 28 nitrogen and oxygen atoms in total. The summed E-state index contributed by atoms with van der Waals surface area (Å²) in [6.45, 7) is 23.8. The van der Waals surface area contributed by atoms with Gasteiger partial charge in [0.05, 0.1) is 89.6 Å². The van der Waals surface area contributed by atoms with Crippen LogP contribution in [-0.2, 0) is 37.3 Å². The topological polar surface area (TPSA) is 332 Å².